The van der Waals surface area contributed by atoms with Crippen LogP contribution in [0.4, 0.5) is 0 Å². The molecule has 2 heterocycles. The second-order valence-electron chi connectivity index (χ2n) is 7.98. The molecular weight excluding hydrogens is 316 g/mol. The Morgan fingerprint density at radius 3 is 2.32 bits per heavy atom. The average Bonchev–Trinajstić information content (AvgIpc) is 3.37. The third-order valence-electron chi connectivity index (χ3n) is 6.27. The number of carbonyl (C=O) groups is 1. The Bertz CT molecular complexity index is 582. The summed E-state index contributed by atoms with van der Waals surface area (Å²) < 4.78 is 11.1. The lowest BCUT2D eigenvalue weighted by molar-refractivity contribution is 0.0581. The van der Waals surface area contributed by atoms with Crippen molar-refractivity contribution in [3.63, 3.8) is 0 Å². The van der Waals surface area contributed by atoms with Crippen molar-refractivity contribution in [3.8, 4) is 0 Å². The van der Waals surface area contributed by atoms with E-state index in [0.717, 1.165) is 63.5 Å². The Morgan fingerprint density at radius 2 is 1.72 bits per heavy atom. The van der Waals surface area contributed by atoms with Crippen molar-refractivity contribution in [1.29, 1.82) is 0 Å². The highest BCUT2D eigenvalue weighted by molar-refractivity contribution is 5.92. The lowest BCUT2D eigenvalue weighted by atomic mass is 9.83. The van der Waals surface area contributed by atoms with Crippen LogP contribution in [0.1, 0.15) is 87.0 Å². The van der Waals surface area contributed by atoms with Gasteiger partial charge >= 0.3 is 0 Å². The van der Waals surface area contributed by atoms with Gasteiger partial charge in [-0.3, -0.25) is 4.79 Å². The Kier molecular flexibility index (Phi) is 5.11. The number of rotatable bonds is 5. The fourth-order valence-electron chi connectivity index (χ4n) is 4.46. The molecule has 0 N–H and O–H groups in total. The molecule has 1 saturated heterocycles. The minimum atomic E-state index is 0.0875. The standard InChI is InChI=1S/C20H30N2O3/c1-2-14-3-5-16(6-4-14)22(17-7-8-17)20(23)18-13-25-19(21-18)15-9-11-24-12-10-15/h13-17H,2-12H2,1H3. The van der Waals surface area contributed by atoms with Gasteiger partial charge in [0.25, 0.3) is 5.91 Å². The molecule has 4 rings (SSSR count). The maximum atomic E-state index is 13.2. The smallest absolute Gasteiger partial charge is 0.276 e. The first-order valence-electron chi connectivity index (χ1n) is 10.1. The number of oxazole rings is 1. The summed E-state index contributed by atoms with van der Waals surface area (Å²) in [5.74, 6) is 1.95. The summed E-state index contributed by atoms with van der Waals surface area (Å²) in [4.78, 5) is 19.9. The van der Waals surface area contributed by atoms with Crippen LogP contribution in [0.5, 0.6) is 0 Å². The number of hydrogen-bond acceptors (Lipinski definition) is 4. The Labute approximate surface area is 150 Å². The van der Waals surface area contributed by atoms with Crippen molar-refractivity contribution >= 4 is 5.91 Å². The van der Waals surface area contributed by atoms with Crippen LogP contribution in [0.25, 0.3) is 0 Å². The molecule has 1 aliphatic heterocycles. The lowest BCUT2D eigenvalue weighted by Crippen LogP contribution is -2.44. The first-order chi connectivity index (χ1) is 12.3. The van der Waals surface area contributed by atoms with E-state index in [2.05, 4.69) is 16.8 Å². The van der Waals surface area contributed by atoms with Crippen molar-refractivity contribution < 1.29 is 13.9 Å². The zero-order valence-corrected chi connectivity index (χ0v) is 15.3. The van der Waals surface area contributed by atoms with Crippen LogP contribution < -0.4 is 0 Å². The SMILES string of the molecule is CCC1CCC(N(C(=O)c2coc(C3CCOCC3)n2)C2CC2)CC1. The van der Waals surface area contributed by atoms with Gasteiger partial charge in [-0.15, -0.1) is 0 Å². The van der Waals surface area contributed by atoms with Crippen LogP contribution >= 0.6 is 0 Å². The average molecular weight is 346 g/mol. The molecule has 0 aromatic carbocycles. The highest BCUT2D eigenvalue weighted by atomic mass is 16.5. The van der Waals surface area contributed by atoms with E-state index in [1.807, 2.05) is 0 Å². The fourth-order valence-corrected chi connectivity index (χ4v) is 4.46. The van der Waals surface area contributed by atoms with Crippen LogP contribution in [0.3, 0.4) is 0 Å². The number of carbonyl (C=O) groups excluding carboxylic acids is 1. The van der Waals surface area contributed by atoms with Gasteiger partial charge in [-0.25, -0.2) is 4.98 Å². The normalized spacial score (nSPS) is 28.0. The van der Waals surface area contributed by atoms with E-state index >= 15 is 0 Å². The van der Waals surface area contributed by atoms with E-state index in [1.165, 1.54) is 19.3 Å². The zero-order valence-electron chi connectivity index (χ0n) is 15.3. The third kappa shape index (κ3) is 3.76. The number of ether oxygens (including phenoxy) is 1. The van der Waals surface area contributed by atoms with Crippen LogP contribution in [-0.4, -0.2) is 41.1 Å². The van der Waals surface area contributed by atoms with Crippen molar-refractivity contribution in [1.82, 2.24) is 9.88 Å². The topological polar surface area (TPSA) is 55.6 Å². The number of amides is 1. The molecule has 0 unspecified atom stereocenters. The number of hydrogen-bond donors (Lipinski definition) is 0. The highest BCUT2D eigenvalue weighted by Gasteiger charge is 2.40. The molecule has 138 valence electrons. The van der Waals surface area contributed by atoms with Crippen molar-refractivity contribution in [2.24, 2.45) is 5.92 Å². The molecule has 0 atom stereocenters. The van der Waals surface area contributed by atoms with Gasteiger partial charge in [0, 0.05) is 31.2 Å². The second-order valence-corrected chi connectivity index (χ2v) is 7.98. The molecule has 5 nitrogen and oxygen atoms in total. The van der Waals surface area contributed by atoms with E-state index in [9.17, 15) is 4.79 Å². The van der Waals surface area contributed by atoms with E-state index in [4.69, 9.17) is 9.15 Å². The van der Waals surface area contributed by atoms with E-state index in [-0.39, 0.29) is 5.91 Å². The summed E-state index contributed by atoms with van der Waals surface area (Å²) in [5.41, 5.74) is 0.506. The van der Waals surface area contributed by atoms with Gasteiger partial charge in [-0.2, -0.15) is 0 Å². The second kappa shape index (κ2) is 7.48. The minimum Gasteiger partial charge on any atom is -0.448 e. The predicted octanol–water partition coefficient (Wildman–Crippen LogP) is 4.14. The molecule has 1 aromatic heterocycles. The van der Waals surface area contributed by atoms with Gasteiger partial charge < -0.3 is 14.1 Å². The highest BCUT2D eigenvalue weighted by Crippen LogP contribution is 2.37. The fraction of sp³-hybridized carbons (Fsp3) is 0.800. The summed E-state index contributed by atoms with van der Waals surface area (Å²) in [5, 5.41) is 0. The van der Waals surface area contributed by atoms with Crippen molar-refractivity contribution in [3.05, 3.63) is 17.8 Å². The Balaban J connectivity index is 1.45. The maximum absolute atomic E-state index is 13.2. The van der Waals surface area contributed by atoms with Gasteiger partial charge in [0.1, 0.15) is 6.26 Å². The zero-order chi connectivity index (χ0) is 17.2. The molecule has 2 saturated carbocycles. The van der Waals surface area contributed by atoms with Crippen molar-refractivity contribution in [2.45, 2.75) is 82.7 Å². The Hall–Kier alpha value is -1.36. The first-order valence-corrected chi connectivity index (χ1v) is 10.1. The summed E-state index contributed by atoms with van der Waals surface area (Å²) in [6.07, 6.45) is 11.8. The summed E-state index contributed by atoms with van der Waals surface area (Å²) >= 11 is 0. The van der Waals surface area contributed by atoms with E-state index < -0.39 is 0 Å². The molecule has 3 fully saturated rings. The van der Waals surface area contributed by atoms with Crippen LogP contribution in [0.15, 0.2) is 10.7 Å². The van der Waals surface area contributed by atoms with Gasteiger partial charge in [-0.05, 0) is 57.3 Å². The maximum Gasteiger partial charge on any atom is 0.276 e. The predicted molar refractivity (Wildman–Crippen MR) is 94.5 cm³/mol. The summed E-state index contributed by atoms with van der Waals surface area (Å²) in [6, 6.07) is 0.824. The molecule has 0 spiro atoms. The monoisotopic (exact) mass is 346 g/mol. The van der Waals surface area contributed by atoms with E-state index in [1.54, 1.807) is 6.26 Å². The van der Waals surface area contributed by atoms with Gasteiger partial charge in [0.15, 0.2) is 11.6 Å². The van der Waals surface area contributed by atoms with Crippen LogP contribution in [-0.2, 0) is 4.74 Å². The molecule has 5 heteroatoms. The van der Waals surface area contributed by atoms with Crippen molar-refractivity contribution in [2.75, 3.05) is 13.2 Å². The molecule has 3 aliphatic rings. The third-order valence-corrected chi connectivity index (χ3v) is 6.27. The molecule has 2 aliphatic carbocycles. The first kappa shape index (κ1) is 17.1. The number of aromatic nitrogens is 1. The van der Waals surface area contributed by atoms with Gasteiger partial charge in [0.05, 0.1) is 0 Å². The molecular formula is C20H30N2O3. The quantitative estimate of drug-likeness (QED) is 0.804. The van der Waals surface area contributed by atoms with E-state index in [0.29, 0.717) is 23.7 Å². The van der Waals surface area contributed by atoms with Crippen LogP contribution in [0.2, 0.25) is 0 Å². The molecule has 0 radical (unpaired) electrons. The molecule has 1 aromatic rings. The van der Waals surface area contributed by atoms with Gasteiger partial charge in [-0.1, -0.05) is 13.3 Å². The largest absolute Gasteiger partial charge is 0.448 e. The molecule has 1 amide bonds. The summed E-state index contributed by atoms with van der Waals surface area (Å²) in [7, 11) is 0. The summed E-state index contributed by atoms with van der Waals surface area (Å²) in [6.45, 7) is 3.79. The molecule has 0 bridgehead atoms. The van der Waals surface area contributed by atoms with Gasteiger partial charge in [0.2, 0.25) is 0 Å². The minimum absolute atomic E-state index is 0.0875. The lowest BCUT2D eigenvalue weighted by Gasteiger charge is -2.36. The van der Waals surface area contributed by atoms with Crippen LogP contribution in [0, 0.1) is 5.92 Å². The number of nitrogens with zero attached hydrogens (tertiary/aromatic N) is 2. The molecule has 25 heavy (non-hydrogen) atoms. The Morgan fingerprint density at radius 1 is 1.08 bits per heavy atom.